The van der Waals surface area contributed by atoms with Gasteiger partial charge in [-0.15, -0.1) is 0 Å². The number of aryl methyl sites for hydroxylation is 1. The molecule has 0 amide bonds. The summed E-state index contributed by atoms with van der Waals surface area (Å²) < 4.78 is 0. The third kappa shape index (κ3) is 2.08. The highest BCUT2D eigenvalue weighted by atomic mass is 15.1. The minimum Gasteiger partial charge on any atom is -0.398 e. The number of hydrogen-bond donors (Lipinski definition) is 1. The number of anilines is 2. The molecular weight excluding hydrogens is 248 g/mol. The predicted molar refractivity (Wildman–Crippen MR) is 79.3 cm³/mol. The zero-order valence-corrected chi connectivity index (χ0v) is 11.4. The lowest BCUT2D eigenvalue weighted by atomic mass is 10.1. The maximum Gasteiger partial charge on any atom is 0.145 e. The van der Waals surface area contributed by atoms with Gasteiger partial charge in [-0.3, -0.25) is 0 Å². The van der Waals surface area contributed by atoms with Gasteiger partial charge in [0.25, 0.3) is 0 Å². The Morgan fingerprint density at radius 3 is 3.10 bits per heavy atom. The molecule has 1 aromatic carbocycles. The van der Waals surface area contributed by atoms with Crippen LogP contribution in [0.25, 0.3) is 0 Å². The first-order chi connectivity index (χ1) is 9.69. The number of pyridine rings is 1. The third-order valence-corrected chi connectivity index (χ3v) is 3.82. The van der Waals surface area contributed by atoms with Gasteiger partial charge < -0.3 is 10.6 Å². The van der Waals surface area contributed by atoms with Crippen LogP contribution in [0.5, 0.6) is 0 Å². The van der Waals surface area contributed by atoms with Gasteiger partial charge in [0.1, 0.15) is 11.8 Å². The summed E-state index contributed by atoms with van der Waals surface area (Å²) in [6.07, 6.45) is 2.68. The number of aromatic nitrogens is 1. The Kier molecular flexibility index (Phi) is 3.03. The van der Waals surface area contributed by atoms with Crippen molar-refractivity contribution in [3.05, 3.63) is 52.8 Å². The van der Waals surface area contributed by atoms with Gasteiger partial charge in [0, 0.05) is 36.2 Å². The second-order valence-electron chi connectivity index (χ2n) is 5.13. The maximum absolute atomic E-state index is 9.12. The summed E-state index contributed by atoms with van der Waals surface area (Å²) in [7, 11) is 0. The minimum absolute atomic E-state index is 0.501. The molecule has 2 heterocycles. The van der Waals surface area contributed by atoms with Gasteiger partial charge in [0.2, 0.25) is 0 Å². The molecule has 100 valence electrons. The molecule has 4 nitrogen and oxygen atoms in total. The summed E-state index contributed by atoms with van der Waals surface area (Å²) >= 11 is 0. The largest absolute Gasteiger partial charge is 0.398 e. The zero-order valence-electron chi connectivity index (χ0n) is 11.4. The van der Waals surface area contributed by atoms with Crippen LogP contribution in [-0.2, 0) is 13.0 Å². The molecule has 0 atom stereocenters. The molecule has 3 rings (SSSR count). The van der Waals surface area contributed by atoms with Crippen molar-refractivity contribution in [2.75, 3.05) is 17.2 Å². The molecule has 20 heavy (non-hydrogen) atoms. The number of benzene rings is 1. The summed E-state index contributed by atoms with van der Waals surface area (Å²) in [5, 5.41) is 9.12. The standard InChI is InChI=1S/C16H16N4/c1-11-7-12-4-6-20(16(12)8-14(11)18)10-13-3-2-5-19-15(13)9-17/h2-3,5,7-8H,4,6,10,18H2,1H3. The molecule has 0 spiro atoms. The Bertz CT molecular complexity index is 700. The topological polar surface area (TPSA) is 65.9 Å². The van der Waals surface area contributed by atoms with E-state index in [9.17, 15) is 0 Å². The van der Waals surface area contributed by atoms with E-state index >= 15 is 0 Å². The van der Waals surface area contributed by atoms with Crippen molar-refractivity contribution < 1.29 is 0 Å². The average Bonchev–Trinajstić information content (AvgIpc) is 2.82. The number of fused-ring (bicyclic) bond motifs is 1. The Morgan fingerprint density at radius 2 is 2.30 bits per heavy atom. The number of nitriles is 1. The highest BCUT2D eigenvalue weighted by Gasteiger charge is 2.21. The molecule has 0 saturated heterocycles. The lowest BCUT2D eigenvalue weighted by molar-refractivity contribution is 0.829. The van der Waals surface area contributed by atoms with Gasteiger partial charge in [-0.25, -0.2) is 4.98 Å². The van der Waals surface area contributed by atoms with E-state index in [1.54, 1.807) is 6.20 Å². The van der Waals surface area contributed by atoms with Gasteiger partial charge in [-0.05, 0) is 36.6 Å². The van der Waals surface area contributed by atoms with E-state index in [1.165, 1.54) is 11.3 Å². The molecule has 0 bridgehead atoms. The fourth-order valence-electron chi connectivity index (χ4n) is 2.68. The second kappa shape index (κ2) is 4.86. The fourth-order valence-corrected chi connectivity index (χ4v) is 2.68. The van der Waals surface area contributed by atoms with Gasteiger partial charge >= 0.3 is 0 Å². The van der Waals surface area contributed by atoms with Crippen LogP contribution < -0.4 is 10.6 Å². The van der Waals surface area contributed by atoms with Crippen LogP contribution in [0, 0.1) is 18.3 Å². The summed E-state index contributed by atoms with van der Waals surface area (Å²) in [6, 6.07) is 10.2. The number of rotatable bonds is 2. The van der Waals surface area contributed by atoms with Crippen molar-refractivity contribution in [2.45, 2.75) is 19.9 Å². The monoisotopic (exact) mass is 264 g/mol. The average molecular weight is 264 g/mol. The SMILES string of the molecule is Cc1cc2c(cc1N)N(Cc1cccnc1C#N)CC2. The van der Waals surface area contributed by atoms with Crippen LogP contribution in [0.4, 0.5) is 11.4 Å². The number of nitrogens with zero attached hydrogens (tertiary/aromatic N) is 3. The van der Waals surface area contributed by atoms with E-state index in [0.717, 1.165) is 29.8 Å². The normalized spacial score (nSPS) is 13.1. The molecular formula is C16H16N4. The molecule has 2 N–H and O–H groups in total. The minimum atomic E-state index is 0.501. The molecule has 0 unspecified atom stereocenters. The van der Waals surface area contributed by atoms with Crippen LogP contribution >= 0.6 is 0 Å². The lowest BCUT2D eigenvalue weighted by Gasteiger charge is -2.20. The number of hydrogen-bond acceptors (Lipinski definition) is 4. The highest BCUT2D eigenvalue weighted by Crippen LogP contribution is 2.33. The van der Waals surface area contributed by atoms with Crippen molar-refractivity contribution in [2.24, 2.45) is 0 Å². The maximum atomic E-state index is 9.12. The second-order valence-corrected chi connectivity index (χ2v) is 5.13. The van der Waals surface area contributed by atoms with E-state index in [0.29, 0.717) is 12.2 Å². The Morgan fingerprint density at radius 1 is 1.45 bits per heavy atom. The van der Waals surface area contributed by atoms with Gasteiger partial charge in [0.15, 0.2) is 0 Å². The van der Waals surface area contributed by atoms with E-state index in [4.69, 9.17) is 11.0 Å². The highest BCUT2D eigenvalue weighted by molar-refractivity contribution is 5.67. The summed E-state index contributed by atoms with van der Waals surface area (Å²) in [5.74, 6) is 0. The Hall–Kier alpha value is -2.54. The van der Waals surface area contributed by atoms with E-state index in [2.05, 4.69) is 22.0 Å². The Labute approximate surface area is 118 Å². The van der Waals surface area contributed by atoms with Crippen LogP contribution in [0.3, 0.4) is 0 Å². The third-order valence-electron chi connectivity index (χ3n) is 3.82. The van der Waals surface area contributed by atoms with E-state index in [-0.39, 0.29) is 0 Å². The molecule has 2 aromatic rings. The Balaban J connectivity index is 1.93. The van der Waals surface area contributed by atoms with Crippen LogP contribution in [-0.4, -0.2) is 11.5 Å². The van der Waals surface area contributed by atoms with Crippen LogP contribution in [0.2, 0.25) is 0 Å². The molecule has 0 saturated carbocycles. The van der Waals surface area contributed by atoms with Crippen molar-refractivity contribution in [1.82, 2.24) is 4.98 Å². The first-order valence-corrected chi connectivity index (χ1v) is 6.67. The fraction of sp³-hybridized carbons (Fsp3) is 0.250. The van der Waals surface area contributed by atoms with Crippen molar-refractivity contribution >= 4 is 11.4 Å². The van der Waals surface area contributed by atoms with Crippen molar-refractivity contribution in [3.8, 4) is 6.07 Å². The molecule has 1 aliphatic heterocycles. The van der Waals surface area contributed by atoms with Gasteiger partial charge in [0.05, 0.1) is 0 Å². The van der Waals surface area contributed by atoms with Gasteiger partial charge in [-0.1, -0.05) is 12.1 Å². The smallest absolute Gasteiger partial charge is 0.145 e. The lowest BCUT2D eigenvalue weighted by Crippen LogP contribution is -2.20. The number of nitrogens with two attached hydrogens (primary N) is 1. The van der Waals surface area contributed by atoms with Crippen molar-refractivity contribution in [1.29, 1.82) is 5.26 Å². The van der Waals surface area contributed by atoms with Crippen LogP contribution in [0.15, 0.2) is 30.5 Å². The predicted octanol–water partition coefficient (Wildman–Crippen LogP) is 2.41. The molecule has 1 aromatic heterocycles. The molecule has 0 radical (unpaired) electrons. The zero-order chi connectivity index (χ0) is 14.1. The first kappa shape index (κ1) is 12.5. The molecule has 4 heteroatoms. The van der Waals surface area contributed by atoms with E-state index < -0.39 is 0 Å². The van der Waals surface area contributed by atoms with Gasteiger partial charge in [-0.2, -0.15) is 5.26 Å². The summed E-state index contributed by atoms with van der Waals surface area (Å²) in [6.45, 7) is 3.69. The molecule has 0 aliphatic carbocycles. The van der Waals surface area contributed by atoms with Crippen molar-refractivity contribution in [3.63, 3.8) is 0 Å². The van der Waals surface area contributed by atoms with E-state index in [1.807, 2.05) is 25.1 Å². The molecule has 0 fully saturated rings. The van der Waals surface area contributed by atoms with Crippen LogP contribution in [0.1, 0.15) is 22.4 Å². The summed E-state index contributed by atoms with van der Waals surface area (Å²) in [4.78, 5) is 6.38. The number of nitrogen functional groups attached to an aromatic ring is 1. The quantitative estimate of drug-likeness (QED) is 0.846. The summed E-state index contributed by atoms with van der Waals surface area (Å²) in [5.41, 5.74) is 11.9. The first-order valence-electron chi connectivity index (χ1n) is 6.67. The molecule has 1 aliphatic rings.